The zero-order valence-corrected chi connectivity index (χ0v) is 21.0. The number of aryl methyl sites for hydroxylation is 1. The summed E-state index contributed by atoms with van der Waals surface area (Å²) in [6.07, 6.45) is 1.43. The minimum Gasteiger partial charge on any atom is -0.484 e. The highest BCUT2D eigenvalue weighted by Crippen LogP contribution is 2.45. The molecule has 38 heavy (non-hydrogen) atoms. The minimum absolute atomic E-state index is 0.0850. The molecule has 0 spiro atoms. The maximum atomic E-state index is 13.6. The number of hydrogen-bond acceptors (Lipinski definition) is 5. The summed E-state index contributed by atoms with van der Waals surface area (Å²) in [5.41, 5.74) is 1.86. The highest BCUT2D eigenvalue weighted by molar-refractivity contribution is 5.85. The molecule has 7 nitrogen and oxygen atoms in total. The van der Waals surface area contributed by atoms with E-state index in [1.807, 2.05) is 24.3 Å². The molecule has 2 aliphatic rings. The lowest BCUT2D eigenvalue weighted by atomic mass is 9.85. The molecule has 5 rings (SSSR count). The Kier molecular flexibility index (Phi) is 7.10. The zero-order chi connectivity index (χ0) is 26.9. The van der Waals surface area contributed by atoms with E-state index in [9.17, 15) is 23.5 Å². The number of carboxylic acid groups (broad SMARTS) is 1. The SMILES string of the molecule is Cc1cc2c(cc1C(CC(=O)O)c1ccc3ccc(OCC(=O)NC4CCCCC4)cc3c1)OC(F)(F)O2. The number of rotatable bonds is 8. The summed E-state index contributed by atoms with van der Waals surface area (Å²) in [5, 5.41) is 14.4. The van der Waals surface area contributed by atoms with Gasteiger partial charge in [0.05, 0.1) is 6.42 Å². The predicted octanol–water partition coefficient (Wildman–Crippen LogP) is 5.90. The van der Waals surface area contributed by atoms with Crippen molar-refractivity contribution in [2.45, 2.75) is 63.7 Å². The van der Waals surface area contributed by atoms with Crippen molar-refractivity contribution in [1.82, 2.24) is 5.32 Å². The van der Waals surface area contributed by atoms with Crippen LogP contribution in [0.3, 0.4) is 0 Å². The van der Waals surface area contributed by atoms with Gasteiger partial charge in [0.25, 0.3) is 5.91 Å². The van der Waals surface area contributed by atoms with Gasteiger partial charge in [0.15, 0.2) is 18.1 Å². The molecule has 0 saturated heterocycles. The van der Waals surface area contributed by atoms with Crippen molar-refractivity contribution >= 4 is 22.6 Å². The van der Waals surface area contributed by atoms with E-state index in [-0.39, 0.29) is 36.5 Å². The van der Waals surface area contributed by atoms with E-state index in [0.29, 0.717) is 22.4 Å². The van der Waals surface area contributed by atoms with Crippen LogP contribution in [-0.4, -0.2) is 35.9 Å². The Morgan fingerprint density at radius 2 is 1.74 bits per heavy atom. The second kappa shape index (κ2) is 10.5. The molecule has 1 unspecified atom stereocenters. The van der Waals surface area contributed by atoms with Crippen LogP contribution in [0.5, 0.6) is 17.2 Å². The van der Waals surface area contributed by atoms with Crippen molar-refractivity contribution in [1.29, 1.82) is 0 Å². The quantitative estimate of drug-likeness (QED) is 0.380. The Balaban J connectivity index is 1.38. The van der Waals surface area contributed by atoms with Gasteiger partial charge in [-0.05, 0) is 71.5 Å². The van der Waals surface area contributed by atoms with E-state index in [1.165, 1.54) is 18.6 Å². The number of amides is 1. The van der Waals surface area contributed by atoms with Crippen LogP contribution < -0.4 is 19.5 Å². The number of ether oxygens (including phenoxy) is 3. The van der Waals surface area contributed by atoms with Crippen LogP contribution in [0.15, 0.2) is 48.5 Å². The fourth-order valence-electron chi connectivity index (χ4n) is 5.29. The third-order valence-corrected chi connectivity index (χ3v) is 7.12. The molecule has 0 bridgehead atoms. The molecule has 1 aliphatic carbocycles. The second-order valence-corrected chi connectivity index (χ2v) is 9.93. The average Bonchev–Trinajstić information content (AvgIpc) is 3.18. The third kappa shape index (κ3) is 5.82. The molecule has 1 amide bonds. The number of aliphatic carboxylic acids is 1. The molecule has 3 aromatic rings. The molecule has 0 aromatic heterocycles. The van der Waals surface area contributed by atoms with Gasteiger partial charge < -0.3 is 24.6 Å². The Bertz CT molecular complexity index is 1370. The summed E-state index contributed by atoms with van der Waals surface area (Å²) >= 11 is 0. The van der Waals surface area contributed by atoms with Crippen molar-refractivity contribution in [3.8, 4) is 17.2 Å². The number of carbonyl (C=O) groups excluding carboxylic acids is 1. The summed E-state index contributed by atoms with van der Waals surface area (Å²) in [5.74, 6) is -1.50. The molecular formula is C29H29F2NO6. The normalized spacial score (nSPS) is 17.2. The number of halogens is 2. The molecule has 1 saturated carbocycles. The first kappa shape index (κ1) is 25.8. The van der Waals surface area contributed by atoms with Crippen LogP contribution in [0.2, 0.25) is 0 Å². The highest BCUT2D eigenvalue weighted by Gasteiger charge is 2.44. The van der Waals surface area contributed by atoms with Crippen LogP contribution in [0, 0.1) is 6.92 Å². The number of carboxylic acids is 1. The molecule has 9 heteroatoms. The Hall–Kier alpha value is -3.88. The van der Waals surface area contributed by atoms with Crippen molar-refractivity contribution in [3.63, 3.8) is 0 Å². The molecule has 3 aromatic carbocycles. The van der Waals surface area contributed by atoms with Gasteiger partial charge in [0.2, 0.25) is 0 Å². The van der Waals surface area contributed by atoms with E-state index in [1.54, 1.807) is 19.1 Å². The van der Waals surface area contributed by atoms with E-state index in [4.69, 9.17) is 4.74 Å². The molecule has 200 valence electrons. The Labute approximate surface area is 218 Å². The van der Waals surface area contributed by atoms with Gasteiger partial charge in [-0.3, -0.25) is 9.59 Å². The number of carbonyl (C=O) groups is 2. The van der Waals surface area contributed by atoms with Gasteiger partial charge in [-0.1, -0.05) is 43.5 Å². The van der Waals surface area contributed by atoms with Crippen LogP contribution in [0.25, 0.3) is 10.8 Å². The topological polar surface area (TPSA) is 94.1 Å². The van der Waals surface area contributed by atoms with E-state index in [2.05, 4.69) is 14.8 Å². The lowest BCUT2D eigenvalue weighted by Gasteiger charge is -2.22. The van der Waals surface area contributed by atoms with Crippen molar-refractivity contribution in [2.24, 2.45) is 0 Å². The lowest BCUT2D eigenvalue weighted by Crippen LogP contribution is -2.38. The molecular weight excluding hydrogens is 496 g/mol. The monoisotopic (exact) mass is 525 g/mol. The highest BCUT2D eigenvalue weighted by atomic mass is 19.3. The first-order chi connectivity index (χ1) is 18.2. The maximum Gasteiger partial charge on any atom is 0.586 e. The standard InChI is InChI=1S/C29H29F2NO6/c1-17-11-25-26(38-29(30,31)37-25)14-23(17)24(15-28(34)35)19-8-7-18-9-10-22(13-20(18)12-19)36-16-27(33)32-21-5-3-2-4-6-21/h7-14,21,24H,2-6,15-16H2,1H3,(H,32,33)(H,34,35). The van der Waals surface area contributed by atoms with Crippen molar-refractivity contribution < 1.29 is 37.7 Å². The number of alkyl halides is 2. The Morgan fingerprint density at radius 3 is 2.47 bits per heavy atom. The number of fused-ring (bicyclic) bond motifs is 2. The van der Waals surface area contributed by atoms with Crippen LogP contribution in [0.1, 0.15) is 61.1 Å². The number of nitrogens with one attached hydrogen (secondary N) is 1. The van der Waals surface area contributed by atoms with Crippen LogP contribution >= 0.6 is 0 Å². The number of benzene rings is 3. The largest absolute Gasteiger partial charge is 0.586 e. The molecule has 0 radical (unpaired) electrons. The molecule has 1 atom stereocenters. The van der Waals surface area contributed by atoms with Crippen LogP contribution in [0.4, 0.5) is 8.78 Å². The summed E-state index contributed by atoms with van der Waals surface area (Å²) < 4.78 is 42.1. The van der Waals surface area contributed by atoms with Crippen LogP contribution in [-0.2, 0) is 9.59 Å². The lowest BCUT2D eigenvalue weighted by molar-refractivity contribution is -0.286. The summed E-state index contributed by atoms with van der Waals surface area (Å²) in [4.78, 5) is 24.1. The third-order valence-electron chi connectivity index (χ3n) is 7.12. The van der Waals surface area contributed by atoms with Gasteiger partial charge in [-0.25, -0.2) is 0 Å². The second-order valence-electron chi connectivity index (χ2n) is 9.93. The average molecular weight is 526 g/mol. The van der Waals surface area contributed by atoms with Gasteiger partial charge in [0.1, 0.15) is 5.75 Å². The van der Waals surface area contributed by atoms with Crippen molar-refractivity contribution in [3.05, 3.63) is 65.2 Å². The van der Waals surface area contributed by atoms with E-state index in [0.717, 1.165) is 36.5 Å². The predicted molar refractivity (Wildman–Crippen MR) is 136 cm³/mol. The zero-order valence-electron chi connectivity index (χ0n) is 21.0. The van der Waals surface area contributed by atoms with Gasteiger partial charge >= 0.3 is 12.3 Å². The molecule has 2 N–H and O–H groups in total. The molecule has 1 fully saturated rings. The fraction of sp³-hybridized carbons (Fsp3) is 0.379. The smallest absolute Gasteiger partial charge is 0.484 e. The van der Waals surface area contributed by atoms with Gasteiger partial charge in [0, 0.05) is 12.0 Å². The van der Waals surface area contributed by atoms with Crippen molar-refractivity contribution in [2.75, 3.05) is 6.61 Å². The van der Waals surface area contributed by atoms with Gasteiger partial charge in [-0.2, -0.15) is 0 Å². The van der Waals surface area contributed by atoms with E-state index < -0.39 is 18.2 Å². The summed E-state index contributed by atoms with van der Waals surface area (Å²) in [7, 11) is 0. The molecule has 1 heterocycles. The van der Waals surface area contributed by atoms with Gasteiger partial charge in [-0.15, -0.1) is 8.78 Å². The fourth-order valence-corrected chi connectivity index (χ4v) is 5.29. The summed E-state index contributed by atoms with van der Waals surface area (Å²) in [6.45, 7) is 1.63. The minimum atomic E-state index is -3.76. The molecule has 1 aliphatic heterocycles. The first-order valence-electron chi connectivity index (χ1n) is 12.7. The number of hydrogen-bond donors (Lipinski definition) is 2. The Morgan fingerprint density at radius 1 is 1.03 bits per heavy atom. The first-order valence-corrected chi connectivity index (χ1v) is 12.7. The van der Waals surface area contributed by atoms with E-state index >= 15 is 0 Å². The summed E-state index contributed by atoms with van der Waals surface area (Å²) in [6, 6.07) is 14.1. The maximum absolute atomic E-state index is 13.6.